The Kier molecular flexibility index (Phi) is 6.44. The summed E-state index contributed by atoms with van der Waals surface area (Å²) >= 11 is 0. The molecule has 0 spiro atoms. The number of nitrogens with one attached hydrogen (secondary N) is 2. The third-order valence-corrected chi connectivity index (χ3v) is 6.93. The Hall–Kier alpha value is -3.79. The largest absolute Gasteiger partial charge is 0.442 e. The standard InChI is InChI=1S/C26H28N4O6/c1-14(20-6-5-16-9-10-35-13-21(16)28-20)27-26(34)36-15(2)17-3-4-18-12-30(25(33)19(18)11-17)22-7-8-23(31)29-24(22)32/h3-6,11,14-15,22H,7-10,12-13H2,1-2H3,(H,27,34)(H,29,31,32). The first kappa shape index (κ1) is 23.9. The molecule has 1 aromatic carbocycles. The van der Waals surface area contributed by atoms with Crippen molar-refractivity contribution < 1.29 is 28.7 Å². The highest BCUT2D eigenvalue weighted by atomic mass is 16.6. The van der Waals surface area contributed by atoms with Crippen molar-refractivity contribution >= 4 is 23.8 Å². The van der Waals surface area contributed by atoms with E-state index in [0.717, 1.165) is 28.9 Å². The number of ether oxygens (including phenoxy) is 2. The summed E-state index contributed by atoms with van der Waals surface area (Å²) in [5, 5.41) is 5.11. The summed E-state index contributed by atoms with van der Waals surface area (Å²) in [6, 6.07) is 8.22. The van der Waals surface area contributed by atoms with Gasteiger partial charge in [-0.3, -0.25) is 24.7 Å². The number of carbonyl (C=O) groups excluding carboxylic acids is 4. The molecule has 0 aliphatic carbocycles. The van der Waals surface area contributed by atoms with Crippen LogP contribution >= 0.6 is 0 Å². The van der Waals surface area contributed by atoms with Crippen molar-refractivity contribution in [3.63, 3.8) is 0 Å². The highest BCUT2D eigenvalue weighted by Gasteiger charge is 2.39. The molecule has 5 rings (SSSR count). The van der Waals surface area contributed by atoms with Crippen LogP contribution in [0.25, 0.3) is 0 Å². The molecule has 0 saturated carbocycles. The molecule has 1 saturated heterocycles. The number of carbonyl (C=O) groups is 4. The van der Waals surface area contributed by atoms with Gasteiger partial charge in [-0.15, -0.1) is 0 Å². The van der Waals surface area contributed by atoms with Crippen LogP contribution in [0.2, 0.25) is 0 Å². The Bertz CT molecular complexity index is 1240. The fourth-order valence-electron chi connectivity index (χ4n) is 4.83. The van der Waals surface area contributed by atoms with Crippen molar-refractivity contribution in [1.29, 1.82) is 0 Å². The van der Waals surface area contributed by atoms with Crippen LogP contribution < -0.4 is 10.6 Å². The van der Waals surface area contributed by atoms with Crippen molar-refractivity contribution in [2.75, 3.05) is 6.61 Å². The maximum absolute atomic E-state index is 13.0. The first-order valence-electron chi connectivity index (χ1n) is 12.1. The van der Waals surface area contributed by atoms with Gasteiger partial charge in [0.1, 0.15) is 12.1 Å². The molecular formula is C26H28N4O6. The van der Waals surface area contributed by atoms with Crippen molar-refractivity contribution in [2.24, 2.45) is 0 Å². The fourth-order valence-corrected chi connectivity index (χ4v) is 4.83. The van der Waals surface area contributed by atoms with E-state index < -0.39 is 24.1 Å². The zero-order valence-electron chi connectivity index (χ0n) is 20.2. The van der Waals surface area contributed by atoms with Gasteiger partial charge in [0.05, 0.1) is 30.6 Å². The van der Waals surface area contributed by atoms with Crippen LogP contribution in [0.15, 0.2) is 30.3 Å². The van der Waals surface area contributed by atoms with Crippen LogP contribution in [0, 0.1) is 0 Å². The quantitative estimate of drug-likeness (QED) is 0.614. The zero-order chi connectivity index (χ0) is 25.4. The minimum Gasteiger partial charge on any atom is -0.442 e. The number of imide groups is 1. The molecule has 188 valence electrons. The molecule has 36 heavy (non-hydrogen) atoms. The lowest BCUT2D eigenvalue weighted by Gasteiger charge is -2.29. The molecule has 1 aromatic heterocycles. The number of benzene rings is 1. The summed E-state index contributed by atoms with van der Waals surface area (Å²) in [7, 11) is 0. The molecule has 4 amide bonds. The van der Waals surface area contributed by atoms with Crippen LogP contribution in [-0.4, -0.2) is 46.3 Å². The molecule has 10 nitrogen and oxygen atoms in total. The number of nitrogens with zero attached hydrogens (tertiary/aromatic N) is 2. The van der Waals surface area contributed by atoms with E-state index in [0.29, 0.717) is 37.3 Å². The topological polar surface area (TPSA) is 127 Å². The third kappa shape index (κ3) is 4.68. The number of hydrogen-bond acceptors (Lipinski definition) is 7. The number of hydrogen-bond donors (Lipinski definition) is 2. The molecule has 10 heteroatoms. The lowest BCUT2D eigenvalue weighted by molar-refractivity contribution is -0.136. The monoisotopic (exact) mass is 492 g/mol. The van der Waals surface area contributed by atoms with Gasteiger partial charge in [0.2, 0.25) is 11.8 Å². The van der Waals surface area contributed by atoms with Crippen LogP contribution in [0.1, 0.15) is 77.3 Å². The first-order valence-corrected chi connectivity index (χ1v) is 12.1. The molecule has 0 bridgehead atoms. The lowest BCUT2D eigenvalue weighted by atomic mass is 10.0. The van der Waals surface area contributed by atoms with Gasteiger partial charge in [-0.05, 0) is 55.5 Å². The molecule has 3 aliphatic rings. The van der Waals surface area contributed by atoms with Crippen molar-refractivity contribution in [3.8, 4) is 0 Å². The van der Waals surface area contributed by atoms with E-state index in [4.69, 9.17) is 9.47 Å². The highest BCUT2D eigenvalue weighted by Crippen LogP contribution is 2.30. The predicted molar refractivity (Wildman–Crippen MR) is 127 cm³/mol. The van der Waals surface area contributed by atoms with Crippen LogP contribution in [-0.2, 0) is 38.6 Å². The lowest BCUT2D eigenvalue weighted by Crippen LogP contribution is -2.52. The van der Waals surface area contributed by atoms with Crippen molar-refractivity contribution in [1.82, 2.24) is 20.5 Å². The van der Waals surface area contributed by atoms with Crippen LogP contribution in [0.5, 0.6) is 0 Å². The smallest absolute Gasteiger partial charge is 0.408 e. The van der Waals surface area contributed by atoms with E-state index in [1.54, 1.807) is 13.0 Å². The maximum atomic E-state index is 13.0. The second-order valence-corrected chi connectivity index (χ2v) is 9.37. The minimum atomic E-state index is -0.671. The summed E-state index contributed by atoms with van der Waals surface area (Å²) in [5.41, 5.74) is 4.71. The van der Waals surface area contributed by atoms with Crippen LogP contribution in [0.3, 0.4) is 0 Å². The van der Waals surface area contributed by atoms with Gasteiger partial charge >= 0.3 is 6.09 Å². The maximum Gasteiger partial charge on any atom is 0.408 e. The fraction of sp³-hybridized carbons (Fsp3) is 0.423. The van der Waals surface area contributed by atoms with E-state index in [1.165, 1.54) is 4.90 Å². The second-order valence-electron chi connectivity index (χ2n) is 9.37. The normalized spacial score (nSPS) is 20.8. The first-order chi connectivity index (χ1) is 17.3. The molecular weight excluding hydrogens is 464 g/mol. The van der Waals surface area contributed by atoms with Crippen molar-refractivity contribution in [2.45, 2.75) is 64.4 Å². The molecule has 3 aliphatic heterocycles. The molecule has 3 unspecified atom stereocenters. The summed E-state index contributed by atoms with van der Waals surface area (Å²) in [4.78, 5) is 55.5. The second kappa shape index (κ2) is 9.69. The molecule has 2 aromatic rings. The Balaban J connectivity index is 1.21. The SMILES string of the molecule is CC(NC(=O)OC(C)c1ccc2c(c1)C(=O)N(C1CCC(=O)NC1=O)C2)c1ccc2c(n1)COCC2. The van der Waals surface area contributed by atoms with Gasteiger partial charge in [0.25, 0.3) is 5.91 Å². The number of amides is 4. The van der Waals surface area contributed by atoms with E-state index in [2.05, 4.69) is 15.6 Å². The van der Waals surface area contributed by atoms with Gasteiger partial charge in [-0.2, -0.15) is 0 Å². The van der Waals surface area contributed by atoms with E-state index in [-0.39, 0.29) is 24.3 Å². The highest BCUT2D eigenvalue weighted by molar-refractivity contribution is 6.05. The van der Waals surface area contributed by atoms with Gasteiger partial charge < -0.3 is 19.7 Å². The Morgan fingerprint density at radius 1 is 1.17 bits per heavy atom. The predicted octanol–water partition coefficient (Wildman–Crippen LogP) is 2.46. The molecule has 1 fully saturated rings. The zero-order valence-corrected chi connectivity index (χ0v) is 20.2. The minimum absolute atomic E-state index is 0.203. The average Bonchev–Trinajstić information content (AvgIpc) is 3.19. The van der Waals surface area contributed by atoms with E-state index >= 15 is 0 Å². The van der Waals surface area contributed by atoms with Crippen molar-refractivity contribution in [3.05, 3.63) is 64.0 Å². The summed E-state index contributed by atoms with van der Waals surface area (Å²) in [6.07, 6.45) is 0.141. The van der Waals surface area contributed by atoms with E-state index in [9.17, 15) is 19.2 Å². The summed E-state index contributed by atoms with van der Waals surface area (Å²) < 4.78 is 11.0. The van der Waals surface area contributed by atoms with Gasteiger partial charge in [0.15, 0.2) is 0 Å². The average molecular weight is 493 g/mol. The molecule has 4 heterocycles. The van der Waals surface area contributed by atoms with Crippen LogP contribution in [0.4, 0.5) is 4.79 Å². The third-order valence-electron chi connectivity index (χ3n) is 6.93. The molecule has 3 atom stereocenters. The summed E-state index contributed by atoms with van der Waals surface area (Å²) in [5.74, 6) is -1.04. The van der Waals surface area contributed by atoms with E-state index in [1.807, 2.05) is 31.2 Å². The summed E-state index contributed by atoms with van der Waals surface area (Å²) in [6.45, 7) is 5.03. The number of alkyl carbamates (subject to hydrolysis) is 1. The number of rotatable bonds is 5. The van der Waals surface area contributed by atoms with Gasteiger partial charge in [-0.25, -0.2) is 4.79 Å². The number of piperidine rings is 1. The van der Waals surface area contributed by atoms with Gasteiger partial charge in [-0.1, -0.05) is 18.2 Å². The number of aromatic nitrogens is 1. The Morgan fingerprint density at radius 3 is 2.78 bits per heavy atom. The Labute approximate surface area is 208 Å². The molecule has 0 radical (unpaired) electrons. The van der Waals surface area contributed by atoms with Gasteiger partial charge in [0, 0.05) is 18.5 Å². The number of pyridine rings is 1. The molecule has 2 N–H and O–H groups in total. The Morgan fingerprint density at radius 2 is 1.97 bits per heavy atom. The number of fused-ring (bicyclic) bond motifs is 2.